The number of likely N-dealkylation sites (tertiary alicyclic amines) is 1. The largest absolute Gasteiger partial charge is 0.388 e. The van der Waals surface area contributed by atoms with Gasteiger partial charge in [-0.05, 0) is 37.8 Å². The zero-order chi connectivity index (χ0) is 18.0. The van der Waals surface area contributed by atoms with Crippen molar-refractivity contribution in [1.29, 1.82) is 0 Å². The molecular weight excluding hydrogens is 332 g/mol. The molecule has 26 heavy (non-hydrogen) atoms. The summed E-state index contributed by atoms with van der Waals surface area (Å²) in [6.45, 7) is 1.33. The van der Waals surface area contributed by atoms with Gasteiger partial charge in [0.15, 0.2) is 0 Å². The summed E-state index contributed by atoms with van der Waals surface area (Å²) in [4.78, 5) is 35.4. The van der Waals surface area contributed by atoms with Gasteiger partial charge in [0.1, 0.15) is 11.3 Å². The van der Waals surface area contributed by atoms with E-state index >= 15 is 0 Å². The van der Waals surface area contributed by atoms with Crippen LogP contribution in [-0.2, 0) is 20.8 Å². The topological polar surface area (TPSA) is 86.8 Å². The van der Waals surface area contributed by atoms with E-state index in [1.165, 1.54) is 6.42 Å². The van der Waals surface area contributed by atoms with E-state index in [9.17, 15) is 9.59 Å². The Kier molecular flexibility index (Phi) is 4.70. The first kappa shape index (κ1) is 17.1. The van der Waals surface area contributed by atoms with Crippen molar-refractivity contribution in [3.63, 3.8) is 0 Å². The molecule has 1 aromatic heterocycles. The average Bonchev–Trinajstić information content (AvgIpc) is 3.27. The van der Waals surface area contributed by atoms with E-state index in [1.807, 2.05) is 23.2 Å². The SMILES string of the molecule is O=C(NC1CCC1)C1=NOC2(CCN(C(=O)CCc3ccc[nH]3)CC2)C1. The summed E-state index contributed by atoms with van der Waals surface area (Å²) >= 11 is 0. The minimum atomic E-state index is -0.400. The van der Waals surface area contributed by atoms with E-state index in [1.54, 1.807) is 0 Å². The summed E-state index contributed by atoms with van der Waals surface area (Å²) in [5.41, 5.74) is 1.19. The van der Waals surface area contributed by atoms with E-state index in [-0.39, 0.29) is 11.8 Å². The molecule has 140 valence electrons. The number of H-pyrrole nitrogens is 1. The van der Waals surface area contributed by atoms with Crippen molar-refractivity contribution in [3.05, 3.63) is 24.0 Å². The van der Waals surface area contributed by atoms with Crippen LogP contribution in [0.25, 0.3) is 0 Å². The third-order valence-corrected chi connectivity index (χ3v) is 5.84. The van der Waals surface area contributed by atoms with E-state index < -0.39 is 5.60 Å². The molecule has 1 spiro atoms. The first-order valence-electron chi connectivity index (χ1n) is 9.60. The van der Waals surface area contributed by atoms with E-state index in [4.69, 9.17) is 4.84 Å². The second-order valence-electron chi connectivity index (χ2n) is 7.67. The van der Waals surface area contributed by atoms with Gasteiger partial charge in [-0.1, -0.05) is 5.16 Å². The number of carbonyl (C=O) groups excluding carboxylic acids is 2. The van der Waals surface area contributed by atoms with Gasteiger partial charge >= 0.3 is 0 Å². The molecule has 0 atom stereocenters. The fraction of sp³-hybridized carbons (Fsp3) is 0.632. The zero-order valence-electron chi connectivity index (χ0n) is 15.0. The maximum absolute atomic E-state index is 12.4. The molecule has 1 saturated carbocycles. The molecule has 0 aromatic carbocycles. The Hall–Kier alpha value is -2.31. The van der Waals surface area contributed by atoms with Crippen LogP contribution in [0.1, 0.15) is 50.6 Å². The Balaban J connectivity index is 1.23. The molecule has 7 heteroatoms. The molecule has 3 aliphatic rings. The van der Waals surface area contributed by atoms with Gasteiger partial charge in [-0.3, -0.25) is 9.59 Å². The number of aromatic amines is 1. The maximum atomic E-state index is 12.4. The number of rotatable bonds is 5. The van der Waals surface area contributed by atoms with Crippen LogP contribution in [0.4, 0.5) is 0 Å². The number of amides is 2. The van der Waals surface area contributed by atoms with E-state index in [2.05, 4.69) is 15.5 Å². The van der Waals surface area contributed by atoms with Crippen molar-refractivity contribution in [2.24, 2.45) is 5.16 Å². The van der Waals surface area contributed by atoms with Crippen LogP contribution >= 0.6 is 0 Å². The molecule has 7 nitrogen and oxygen atoms in total. The molecule has 1 aliphatic carbocycles. The van der Waals surface area contributed by atoms with Crippen LogP contribution in [-0.4, -0.2) is 52.1 Å². The van der Waals surface area contributed by atoms with Gasteiger partial charge in [-0.2, -0.15) is 0 Å². The number of hydrogen-bond donors (Lipinski definition) is 2. The van der Waals surface area contributed by atoms with Crippen molar-refractivity contribution in [2.75, 3.05) is 13.1 Å². The maximum Gasteiger partial charge on any atom is 0.269 e. The molecule has 2 fully saturated rings. The molecule has 0 unspecified atom stereocenters. The lowest BCUT2D eigenvalue weighted by Gasteiger charge is -2.37. The molecule has 2 N–H and O–H groups in total. The van der Waals surface area contributed by atoms with E-state index in [0.29, 0.717) is 37.7 Å². The summed E-state index contributed by atoms with van der Waals surface area (Å²) in [5.74, 6) is 0.0901. The lowest BCUT2D eigenvalue weighted by molar-refractivity contribution is -0.136. The minimum absolute atomic E-state index is 0.0870. The molecule has 2 amide bonds. The van der Waals surface area contributed by atoms with Crippen molar-refractivity contribution < 1.29 is 14.4 Å². The smallest absolute Gasteiger partial charge is 0.269 e. The Morgan fingerprint density at radius 2 is 2.15 bits per heavy atom. The first-order chi connectivity index (χ1) is 12.6. The highest BCUT2D eigenvalue weighted by Gasteiger charge is 2.44. The monoisotopic (exact) mass is 358 g/mol. The van der Waals surface area contributed by atoms with Crippen LogP contribution in [0.2, 0.25) is 0 Å². The van der Waals surface area contributed by atoms with Crippen LogP contribution in [0.5, 0.6) is 0 Å². The molecule has 1 aromatic rings. The Labute approximate surface area is 153 Å². The summed E-state index contributed by atoms with van der Waals surface area (Å²) in [5, 5.41) is 7.08. The second-order valence-corrected chi connectivity index (χ2v) is 7.67. The fourth-order valence-electron chi connectivity index (χ4n) is 3.82. The third kappa shape index (κ3) is 3.61. The van der Waals surface area contributed by atoms with Gasteiger partial charge in [-0.25, -0.2) is 0 Å². The summed E-state index contributed by atoms with van der Waals surface area (Å²) < 4.78 is 0. The molecule has 1 saturated heterocycles. The van der Waals surface area contributed by atoms with Gasteiger partial charge < -0.3 is 20.0 Å². The lowest BCUT2D eigenvalue weighted by atomic mass is 9.86. The van der Waals surface area contributed by atoms with Crippen molar-refractivity contribution in [3.8, 4) is 0 Å². The lowest BCUT2D eigenvalue weighted by Crippen LogP contribution is -2.48. The third-order valence-electron chi connectivity index (χ3n) is 5.84. The van der Waals surface area contributed by atoms with Crippen molar-refractivity contribution >= 4 is 17.5 Å². The Bertz CT molecular complexity index is 686. The number of aromatic nitrogens is 1. The molecule has 0 bridgehead atoms. The fourth-order valence-corrected chi connectivity index (χ4v) is 3.82. The number of carbonyl (C=O) groups is 2. The average molecular weight is 358 g/mol. The standard InChI is InChI=1S/C19H26N4O3/c24-17(7-6-14-5-2-10-20-14)23-11-8-19(9-12-23)13-16(22-26-19)18(25)21-15-3-1-4-15/h2,5,10,15,20H,1,3-4,6-9,11-13H2,(H,21,25). The van der Waals surface area contributed by atoms with Crippen LogP contribution in [0.3, 0.4) is 0 Å². The van der Waals surface area contributed by atoms with Crippen molar-refractivity contribution in [2.45, 2.75) is 63.0 Å². The summed E-state index contributed by atoms with van der Waals surface area (Å²) in [6.07, 6.45) is 8.44. The number of aryl methyl sites for hydroxylation is 1. The quantitative estimate of drug-likeness (QED) is 0.841. The highest BCUT2D eigenvalue weighted by atomic mass is 16.7. The van der Waals surface area contributed by atoms with Crippen LogP contribution in [0, 0.1) is 0 Å². The molecule has 4 rings (SSSR count). The van der Waals surface area contributed by atoms with Crippen LogP contribution in [0.15, 0.2) is 23.5 Å². The number of oxime groups is 1. The van der Waals surface area contributed by atoms with Crippen LogP contribution < -0.4 is 5.32 Å². The molecule has 2 aliphatic heterocycles. The highest BCUT2D eigenvalue weighted by Crippen LogP contribution is 2.35. The molecule has 3 heterocycles. The minimum Gasteiger partial charge on any atom is -0.388 e. The summed E-state index contributed by atoms with van der Waals surface area (Å²) in [7, 11) is 0. The number of piperidine rings is 1. The van der Waals surface area contributed by atoms with Gasteiger partial charge in [0, 0.05) is 56.7 Å². The molecule has 0 radical (unpaired) electrons. The molecular formula is C19H26N4O3. The van der Waals surface area contributed by atoms with Gasteiger partial charge in [-0.15, -0.1) is 0 Å². The zero-order valence-corrected chi connectivity index (χ0v) is 15.0. The number of nitrogens with zero attached hydrogens (tertiary/aromatic N) is 2. The highest BCUT2D eigenvalue weighted by molar-refractivity contribution is 6.39. The Morgan fingerprint density at radius 3 is 2.81 bits per heavy atom. The first-order valence-corrected chi connectivity index (χ1v) is 9.60. The van der Waals surface area contributed by atoms with E-state index in [0.717, 1.165) is 37.8 Å². The predicted molar refractivity (Wildman–Crippen MR) is 96.6 cm³/mol. The second kappa shape index (κ2) is 7.13. The van der Waals surface area contributed by atoms with Gasteiger partial charge in [0.25, 0.3) is 5.91 Å². The number of hydrogen-bond acceptors (Lipinski definition) is 4. The normalized spacial score (nSPS) is 21.8. The van der Waals surface area contributed by atoms with Gasteiger partial charge in [0.05, 0.1) is 0 Å². The Morgan fingerprint density at radius 1 is 1.35 bits per heavy atom. The number of nitrogens with one attached hydrogen (secondary N) is 2. The predicted octanol–water partition coefficient (Wildman–Crippen LogP) is 1.75. The van der Waals surface area contributed by atoms with Crippen molar-refractivity contribution in [1.82, 2.24) is 15.2 Å². The summed E-state index contributed by atoms with van der Waals surface area (Å²) in [6, 6.07) is 4.25. The van der Waals surface area contributed by atoms with Gasteiger partial charge in [0.2, 0.25) is 5.91 Å².